The van der Waals surface area contributed by atoms with Crippen LogP contribution in [0.25, 0.3) is 0 Å². The highest BCUT2D eigenvalue weighted by Crippen LogP contribution is 2.39. The molecule has 0 saturated heterocycles. The normalized spacial score (nSPS) is 18.2. The van der Waals surface area contributed by atoms with Gasteiger partial charge in [-0.15, -0.1) is 0 Å². The molecular formula is C15H16FNO2. The van der Waals surface area contributed by atoms with Gasteiger partial charge >= 0.3 is 0 Å². The summed E-state index contributed by atoms with van der Waals surface area (Å²) in [5.74, 6) is -1.37. The molecule has 0 radical (unpaired) electrons. The number of carbonyl (C=O) groups is 1. The molecule has 1 aromatic rings. The molecule has 1 aromatic carbocycles. The second kappa shape index (κ2) is 5.50. The molecule has 1 aliphatic rings. The molecule has 0 spiro atoms. The maximum atomic E-state index is 12.9. The zero-order chi connectivity index (χ0) is 13.9. The van der Waals surface area contributed by atoms with E-state index in [0.717, 1.165) is 19.3 Å². The number of ketones is 1. The van der Waals surface area contributed by atoms with Gasteiger partial charge in [0.1, 0.15) is 11.7 Å². The molecule has 0 amide bonds. The fourth-order valence-corrected chi connectivity index (χ4v) is 2.43. The largest absolute Gasteiger partial charge is 0.378 e. The van der Waals surface area contributed by atoms with E-state index in [-0.39, 0.29) is 23.6 Å². The Kier molecular flexibility index (Phi) is 3.96. The number of nitrogens with zero attached hydrogens (tertiary/aromatic N) is 1. The van der Waals surface area contributed by atoms with Gasteiger partial charge < -0.3 is 4.74 Å². The fraction of sp³-hybridized carbons (Fsp3) is 0.467. The maximum Gasteiger partial charge on any atom is 0.157 e. The number of nitriles is 1. The number of ether oxygens (including phenoxy) is 1. The van der Waals surface area contributed by atoms with Crippen LogP contribution in [0.3, 0.4) is 0 Å². The van der Waals surface area contributed by atoms with Crippen LogP contribution in [-0.2, 0) is 9.53 Å². The summed E-state index contributed by atoms with van der Waals surface area (Å²) >= 11 is 0. The minimum Gasteiger partial charge on any atom is -0.378 e. The van der Waals surface area contributed by atoms with Gasteiger partial charge in [-0.25, -0.2) is 4.39 Å². The number of rotatable bonds is 5. The molecular weight excluding hydrogens is 245 g/mol. The lowest BCUT2D eigenvalue weighted by atomic mass is 9.74. The highest BCUT2D eigenvalue weighted by Gasteiger charge is 2.40. The standard InChI is InChI=1S/C15H16FNO2/c1-19-15(7-2-8-15)9-14(18)13(10-17)11-3-5-12(16)6-4-11/h3-6,13H,2,7-9H2,1H3. The second-order valence-corrected chi connectivity index (χ2v) is 5.00. The van der Waals surface area contributed by atoms with Crippen LogP contribution >= 0.6 is 0 Å². The maximum absolute atomic E-state index is 12.9. The highest BCUT2D eigenvalue weighted by atomic mass is 19.1. The number of Topliss-reactive ketones (excluding diaryl/α,β-unsaturated/α-hetero) is 1. The Bertz CT molecular complexity index is 494. The van der Waals surface area contributed by atoms with Gasteiger partial charge in [-0.05, 0) is 37.0 Å². The van der Waals surface area contributed by atoms with Crippen molar-refractivity contribution in [1.29, 1.82) is 5.26 Å². The average molecular weight is 261 g/mol. The molecule has 3 nitrogen and oxygen atoms in total. The summed E-state index contributed by atoms with van der Waals surface area (Å²) in [5.41, 5.74) is 0.158. The van der Waals surface area contributed by atoms with Gasteiger partial charge in [0.25, 0.3) is 0 Å². The predicted molar refractivity (Wildman–Crippen MR) is 68.0 cm³/mol. The number of methoxy groups -OCH3 is 1. The van der Waals surface area contributed by atoms with Crippen LogP contribution in [0.15, 0.2) is 24.3 Å². The number of hydrogen-bond acceptors (Lipinski definition) is 3. The van der Waals surface area contributed by atoms with Gasteiger partial charge in [0.15, 0.2) is 5.78 Å². The molecule has 1 atom stereocenters. The molecule has 1 unspecified atom stereocenters. The molecule has 1 saturated carbocycles. The predicted octanol–water partition coefficient (Wildman–Crippen LogP) is 2.96. The Balaban J connectivity index is 2.11. The number of hydrogen-bond donors (Lipinski definition) is 0. The number of halogens is 1. The van der Waals surface area contributed by atoms with E-state index in [0.29, 0.717) is 5.56 Å². The second-order valence-electron chi connectivity index (χ2n) is 5.00. The van der Waals surface area contributed by atoms with E-state index >= 15 is 0 Å². The summed E-state index contributed by atoms with van der Waals surface area (Å²) in [5, 5.41) is 9.17. The SMILES string of the molecule is COC1(CC(=O)C(C#N)c2ccc(F)cc2)CCC1. The minimum atomic E-state index is -0.840. The van der Waals surface area contributed by atoms with E-state index in [2.05, 4.69) is 0 Å². The van der Waals surface area contributed by atoms with Crippen LogP contribution in [0.5, 0.6) is 0 Å². The first-order valence-electron chi connectivity index (χ1n) is 6.33. The van der Waals surface area contributed by atoms with Crippen LogP contribution in [0, 0.1) is 17.1 Å². The Labute approximate surface area is 112 Å². The lowest BCUT2D eigenvalue weighted by Crippen LogP contribution is -2.42. The van der Waals surface area contributed by atoms with Crippen LogP contribution in [0.4, 0.5) is 4.39 Å². The minimum absolute atomic E-state index is 0.157. The van der Waals surface area contributed by atoms with Crippen molar-refractivity contribution in [1.82, 2.24) is 0 Å². The molecule has 1 aliphatic carbocycles. The van der Waals surface area contributed by atoms with Crippen LogP contribution < -0.4 is 0 Å². The van der Waals surface area contributed by atoms with E-state index < -0.39 is 5.92 Å². The first-order valence-corrected chi connectivity index (χ1v) is 6.33. The van der Waals surface area contributed by atoms with Crippen molar-refractivity contribution in [3.63, 3.8) is 0 Å². The highest BCUT2D eigenvalue weighted by molar-refractivity contribution is 5.89. The van der Waals surface area contributed by atoms with E-state index in [9.17, 15) is 14.4 Å². The summed E-state index contributed by atoms with van der Waals surface area (Å²) in [6.45, 7) is 0. The lowest BCUT2D eigenvalue weighted by Gasteiger charge is -2.40. The van der Waals surface area contributed by atoms with Crippen molar-refractivity contribution in [3.05, 3.63) is 35.6 Å². The quantitative estimate of drug-likeness (QED) is 0.818. The summed E-state index contributed by atoms with van der Waals surface area (Å²) in [6.07, 6.45) is 3.02. The van der Waals surface area contributed by atoms with Gasteiger partial charge in [0.05, 0.1) is 11.7 Å². The zero-order valence-electron chi connectivity index (χ0n) is 10.9. The third-order valence-electron chi connectivity index (χ3n) is 3.85. The van der Waals surface area contributed by atoms with Crippen molar-refractivity contribution >= 4 is 5.78 Å². The van der Waals surface area contributed by atoms with Gasteiger partial charge in [-0.2, -0.15) is 5.26 Å². The van der Waals surface area contributed by atoms with Crippen molar-refractivity contribution in [2.45, 2.75) is 37.2 Å². The summed E-state index contributed by atoms with van der Waals surface area (Å²) in [6, 6.07) is 7.51. The molecule has 100 valence electrons. The Morgan fingerprint density at radius 1 is 1.47 bits per heavy atom. The first kappa shape index (κ1) is 13.7. The van der Waals surface area contributed by atoms with E-state index in [1.165, 1.54) is 24.3 Å². The van der Waals surface area contributed by atoms with Gasteiger partial charge in [0, 0.05) is 13.5 Å². The third kappa shape index (κ3) is 2.82. The first-order chi connectivity index (χ1) is 9.10. The van der Waals surface area contributed by atoms with Gasteiger partial charge in [-0.1, -0.05) is 12.1 Å². The van der Waals surface area contributed by atoms with E-state index in [4.69, 9.17) is 4.74 Å². The Morgan fingerprint density at radius 2 is 2.11 bits per heavy atom. The summed E-state index contributed by atoms with van der Waals surface area (Å²) < 4.78 is 18.3. The molecule has 0 aliphatic heterocycles. The van der Waals surface area contributed by atoms with E-state index in [1.54, 1.807) is 7.11 Å². The molecule has 0 bridgehead atoms. The number of benzene rings is 1. The molecule has 0 aromatic heterocycles. The van der Waals surface area contributed by atoms with Crippen molar-refractivity contribution in [3.8, 4) is 6.07 Å². The Hall–Kier alpha value is -1.73. The smallest absolute Gasteiger partial charge is 0.157 e. The third-order valence-corrected chi connectivity index (χ3v) is 3.85. The van der Waals surface area contributed by atoms with Gasteiger partial charge in [-0.3, -0.25) is 4.79 Å². The van der Waals surface area contributed by atoms with Crippen LogP contribution in [0.1, 0.15) is 37.2 Å². The monoisotopic (exact) mass is 261 g/mol. The zero-order valence-corrected chi connectivity index (χ0v) is 10.9. The number of carbonyl (C=O) groups excluding carboxylic acids is 1. The summed E-state index contributed by atoms with van der Waals surface area (Å²) in [7, 11) is 1.60. The van der Waals surface area contributed by atoms with Crippen LogP contribution in [0.2, 0.25) is 0 Å². The van der Waals surface area contributed by atoms with Crippen molar-refractivity contribution in [2.75, 3.05) is 7.11 Å². The molecule has 1 fully saturated rings. The summed E-state index contributed by atoms with van der Waals surface area (Å²) in [4.78, 5) is 12.2. The lowest BCUT2D eigenvalue weighted by molar-refractivity contribution is -0.132. The van der Waals surface area contributed by atoms with Crippen molar-refractivity contribution in [2.24, 2.45) is 0 Å². The van der Waals surface area contributed by atoms with E-state index in [1.807, 2.05) is 6.07 Å². The molecule has 4 heteroatoms. The molecule has 0 heterocycles. The molecule has 0 N–H and O–H groups in total. The topological polar surface area (TPSA) is 50.1 Å². The fourth-order valence-electron chi connectivity index (χ4n) is 2.43. The van der Waals surface area contributed by atoms with Crippen LogP contribution in [-0.4, -0.2) is 18.5 Å². The average Bonchev–Trinajstić information content (AvgIpc) is 2.37. The van der Waals surface area contributed by atoms with Crippen molar-refractivity contribution < 1.29 is 13.9 Å². The van der Waals surface area contributed by atoms with Gasteiger partial charge in [0.2, 0.25) is 0 Å². The molecule has 19 heavy (non-hydrogen) atoms. The Morgan fingerprint density at radius 3 is 2.53 bits per heavy atom. The molecule has 2 rings (SSSR count).